The number of benzene rings is 2. The van der Waals surface area contributed by atoms with Gasteiger partial charge in [0.25, 0.3) is 5.91 Å². The van der Waals surface area contributed by atoms with Gasteiger partial charge in [-0.2, -0.15) is 15.4 Å². The highest BCUT2D eigenvalue weighted by Gasteiger charge is 2.33. The first-order chi connectivity index (χ1) is 17.8. The number of aliphatic carboxylic acids is 1. The summed E-state index contributed by atoms with van der Waals surface area (Å²) < 4.78 is 19.5. The van der Waals surface area contributed by atoms with Crippen molar-refractivity contribution in [1.29, 1.82) is 0 Å². The number of aromatic amines is 1. The van der Waals surface area contributed by atoms with E-state index in [2.05, 4.69) is 25.6 Å². The highest BCUT2D eigenvalue weighted by Crippen LogP contribution is 2.27. The second kappa shape index (κ2) is 12.3. The van der Waals surface area contributed by atoms with E-state index in [4.69, 9.17) is 16.3 Å². The molecule has 2 aromatic carbocycles. The van der Waals surface area contributed by atoms with Crippen molar-refractivity contribution < 1.29 is 23.8 Å². The van der Waals surface area contributed by atoms with Crippen molar-refractivity contribution in [2.24, 2.45) is 5.92 Å². The molecule has 0 spiro atoms. The van der Waals surface area contributed by atoms with Gasteiger partial charge in [-0.1, -0.05) is 35.9 Å². The number of likely N-dealkylation sites (tertiary alicyclic amines) is 1. The molecule has 1 aliphatic rings. The van der Waals surface area contributed by atoms with Crippen molar-refractivity contribution >= 4 is 23.5 Å². The van der Waals surface area contributed by atoms with Crippen molar-refractivity contribution in [3.63, 3.8) is 0 Å². The van der Waals surface area contributed by atoms with Crippen LogP contribution in [0.5, 0.6) is 0 Å². The van der Waals surface area contributed by atoms with E-state index < -0.39 is 23.8 Å². The average molecular weight is 530 g/mol. The Morgan fingerprint density at radius 3 is 2.70 bits per heavy atom. The lowest BCUT2D eigenvalue weighted by atomic mass is 9.91. The summed E-state index contributed by atoms with van der Waals surface area (Å²) in [6.07, 6.45) is 2.88. The molecule has 0 radical (unpaired) electrons. The van der Waals surface area contributed by atoms with E-state index in [-0.39, 0.29) is 24.0 Å². The number of methoxy groups -OCH3 is 1. The smallest absolute Gasteiger partial charge is 0.307 e. The zero-order valence-corrected chi connectivity index (χ0v) is 21.1. The maximum absolute atomic E-state index is 14.3. The molecule has 1 amide bonds. The number of nitrogens with one attached hydrogen (secondary N) is 2. The number of rotatable bonds is 12. The van der Waals surface area contributed by atoms with E-state index in [1.807, 2.05) is 12.1 Å². The molecular weight excluding hydrogens is 501 g/mol. The van der Waals surface area contributed by atoms with Crippen molar-refractivity contribution in [2.75, 3.05) is 26.8 Å². The van der Waals surface area contributed by atoms with Crippen LogP contribution < -0.4 is 5.32 Å². The fourth-order valence-corrected chi connectivity index (χ4v) is 4.76. The topological polar surface area (TPSA) is 120 Å². The molecule has 0 saturated carbocycles. The Bertz CT molecular complexity index is 1210. The van der Waals surface area contributed by atoms with Crippen LogP contribution in [0.2, 0.25) is 5.02 Å². The molecule has 1 saturated heterocycles. The molecule has 3 atom stereocenters. The van der Waals surface area contributed by atoms with Crippen LogP contribution in [0.4, 0.5) is 4.39 Å². The van der Waals surface area contributed by atoms with Gasteiger partial charge in [-0.05, 0) is 48.6 Å². The van der Waals surface area contributed by atoms with Crippen LogP contribution in [0, 0.1) is 11.7 Å². The standard InChI is InChI=1S/C26H29ClFN5O4/c1-37-15-21-8-9-33(21)14-18(26(35)36)11-20(30-25(34)24-13-29-32-31-24)10-16-2-4-17(5-3-16)22-12-19(27)6-7-23(22)28/h2-7,12-13,18,20-21H,8-11,14-15H2,1H3,(H,30,34)(H,35,36)(H,29,31,32). The number of ether oxygens (including phenoxy) is 1. The van der Waals surface area contributed by atoms with Gasteiger partial charge in [0.1, 0.15) is 5.82 Å². The van der Waals surface area contributed by atoms with E-state index >= 15 is 0 Å². The lowest BCUT2D eigenvalue weighted by Gasteiger charge is -2.42. The van der Waals surface area contributed by atoms with E-state index in [0.717, 1.165) is 18.5 Å². The average Bonchev–Trinajstić information content (AvgIpc) is 3.41. The lowest BCUT2D eigenvalue weighted by Crippen LogP contribution is -2.53. The fourth-order valence-electron chi connectivity index (χ4n) is 4.58. The van der Waals surface area contributed by atoms with Gasteiger partial charge >= 0.3 is 5.97 Å². The molecule has 2 heterocycles. The Morgan fingerprint density at radius 2 is 2.08 bits per heavy atom. The molecule has 11 heteroatoms. The number of amides is 1. The fraction of sp³-hybridized carbons (Fsp3) is 0.385. The van der Waals surface area contributed by atoms with Crippen molar-refractivity contribution in [2.45, 2.75) is 31.3 Å². The molecule has 196 valence electrons. The van der Waals surface area contributed by atoms with Crippen LogP contribution in [-0.2, 0) is 16.0 Å². The third kappa shape index (κ3) is 6.91. The molecule has 1 fully saturated rings. The highest BCUT2D eigenvalue weighted by molar-refractivity contribution is 6.30. The summed E-state index contributed by atoms with van der Waals surface area (Å²) in [7, 11) is 1.63. The van der Waals surface area contributed by atoms with Crippen LogP contribution >= 0.6 is 11.6 Å². The lowest BCUT2D eigenvalue weighted by molar-refractivity contribution is -0.144. The molecule has 3 aromatic rings. The normalized spacial score (nSPS) is 17.1. The first-order valence-corrected chi connectivity index (χ1v) is 12.4. The Kier molecular flexibility index (Phi) is 8.86. The molecule has 0 aliphatic carbocycles. The molecule has 37 heavy (non-hydrogen) atoms. The maximum atomic E-state index is 14.3. The van der Waals surface area contributed by atoms with Crippen LogP contribution in [0.15, 0.2) is 48.7 Å². The van der Waals surface area contributed by atoms with Gasteiger partial charge in [-0.25, -0.2) is 4.39 Å². The van der Waals surface area contributed by atoms with Gasteiger partial charge in [0, 0.05) is 42.9 Å². The second-order valence-electron chi connectivity index (χ2n) is 9.21. The summed E-state index contributed by atoms with van der Waals surface area (Å²) in [4.78, 5) is 27.0. The third-order valence-corrected chi connectivity index (χ3v) is 6.89. The predicted octanol–water partition coefficient (Wildman–Crippen LogP) is 3.42. The molecule has 3 N–H and O–H groups in total. The molecule has 0 bridgehead atoms. The van der Waals surface area contributed by atoms with Gasteiger partial charge in [0.15, 0.2) is 5.69 Å². The molecule has 1 aliphatic heterocycles. The number of hydrogen-bond donors (Lipinski definition) is 3. The number of hydrogen-bond acceptors (Lipinski definition) is 6. The molecule has 4 rings (SSSR count). The largest absolute Gasteiger partial charge is 0.481 e. The van der Waals surface area contributed by atoms with Crippen LogP contribution in [0.1, 0.15) is 28.9 Å². The monoisotopic (exact) mass is 529 g/mol. The Hall–Kier alpha value is -3.34. The first kappa shape index (κ1) is 26.7. The molecular formula is C26H29ClFN5O4. The summed E-state index contributed by atoms with van der Waals surface area (Å²) in [5.41, 5.74) is 2.03. The quantitative estimate of drug-likeness (QED) is 0.329. The number of carboxylic acid groups (broad SMARTS) is 1. The number of nitrogens with zero attached hydrogens (tertiary/aromatic N) is 3. The van der Waals surface area contributed by atoms with Gasteiger partial charge < -0.3 is 15.2 Å². The maximum Gasteiger partial charge on any atom is 0.307 e. The van der Waals surface area contributed by atoms with Crippen molar-refractivity contribution in [1.82, 2.24) is 25.6 Å². The Balaban J connectivity index is 1.50. The molecule has 3 unspecified atom stereocenters. The SMILES string of the molecule is COCC1CCN1CC(CC(Cc1ccc(-c2cc(Cl)ccc2F)cc1)NC(=O)c1cn[nH]n1)C(=O)O. The van der Waals surface area contributed by atoms with E-state index in [1.54, 1.807) is 25.3 Å². The summed E-state index contributed by atoms with van der Waals surface area (Å²) in [6.45, 7) is 1.74. The van der Waals surface area contributed by atoms with Gasteiger partial charge in [0.05, 0.1) is 18.7 Å². The Morgan fingerprint density at radius 1 is 1.30 bits per heavy atom. The minimum Gasteiger partial charge on any atom is -0.481 e. The number of aromatic nitrogens is 3. The van der Waals surface area contributed by atoms with Crippen LogP contribution in [-0.4, -0.2) is 76.2 Å². The van der Waals surface area contributed by atoms with Gasteiger partial charge in [-0.15, -0.1) is 0 Å². The van der Waals surface area contributed by atoms with E-state index in [9.17, 15) is 19.1 Å². The van der Waals surface area contributed by atoms with Gasteiger partial charge in [-0.3, -0.25) is 14.5 Å². The van der Waals surface area contributed by atoms with Crippen LogP contribution in [0.3, 0.4) is 0 Å². The molecule has 1 aromatic heterocycles. The van der Waals surface area contributed by atoms with E-state index in [0.29, 0.717) is 35.7 Å². The number of carbonyl (C=O) groups excluding carboxylic acids is 1. The summed E-state index contributed by atoms with van der Waals surface area (Å²) in [6, 6.07) is 11.3. The van der Waals surface area contributed by atoms with Crippen LogP contribution in [0.25, 0.3) is 11.1 Å². The highest BCUT2D eigenvalue weighted by atomic mass is 35.5. The predicted molar refractivity (Wildman–Crippen MR) is 136 cm³/mol. The first-order valence-electron chi connectivity index (χ1n) is 12.0. The number of halogens is 2. The third-order valence-electron chi connectivity index (χ3n) is 6.66. The zero-order chi connectivity index (χ0) is 26.4. The minimum absolute atomic E-state index is 0.117. The minimum atomic E-state index is -0.921. The summed E-state index contributed by atoms with van der Waals surface area (Å²) >= 11 is 6.03. The number of carbonyl (C=O) groups is 2. The second-order valence-corrected chi connectivity index (χ2v) is 9.65. The zero-order valence-electron chi connectivity index (χ0n) is 20.4. The van der Waals surface area contributed by atoms with Crippen molar-refractivity contribution in [3.05, 3.63) is 70.8 Å². The number of H-pyrrole nitrogens is 1. The summed E-state index contributed by atoms with van der Waals surface area (Å²) in [5.74, 6) is -2.43. The Labute approximate surface area is 219 Å². The molecule has 9 nitrogen and oxygen atoms in total. The van der Waals surface area contributed by atoms with Crippen molar-refractivity contribution in [3.8, 4) is 11.1 Å². The van der Waals surface area contributed by atoms with Gasteiger partial charge in [0.2, 0.25) is 0 Å². The number of carboxylic acids is 1. The van der Waals surface area contributed by atoms with E-state index in [1.165, 1.54) is 18.3 Å². The summed E-state index contributed by atoms with van der Waals surface area (Å²) in [5, 5.41) is 23.2.